The molecule has 0 radical (unpaired) electrons. The topological polar surface area (TPSA) is 87.3 Å². The molecule has 0 spiro atoms. The number of ketones is 1. The van der Waals surface area contributed by atoms with Crippen molar-refractivity contribution in [3.05, 3.63) is 52.3 Å². The van der Waals surface area contributed by atoms with Gasteiger partial charge in [0.2, 0.25) is 0 Å². The van der Waals surface area contributed by atoms with Crippen LogP contribution < -0.4 is 4.74 Å². The summed E-state index contributed by atoms with van der Waals surface area (Å²) in [6, 6.07) is 5.78. The molecule has 0 fully saturated rings. The highest BCUT2D eigenvalue weighted by Crippen LogP contribution is 2.24. The number of nitrogens with zero attached hydrogens (tertiary/aromatic N) is 3. The number of Topliss-reactive ketones (excluding diaryl/α,β-unsaturated/α-hetero) is 1. The Balaban J connectivity index is 2.10. The first kappa shape index (κ1) is 13.7. The normalized spacial score (nSPS) is 10.2. The van der Waals surface area contributed by atoms with E-state index in [0.717, 1.165) is 0 Å². The van der Waals surface area contributed by atoms with Crippen LogP contribution in [0.2, 0.25) is 0 Å². The van der Waals surface area contributed by atoms with E-state index in [4.69, 9.17) is 4.74 Å². The number of nitro benzene ring substituents is 1. The van der Waals surface area contributed by atoms with Crippen molar-refractivity contribution in [3.63, 3.8) is 0 Å². The fraction of sp³-hybridized carbons (Fsp3) is 0.231. The van der Waals surface area contributed by atoms with Gasteiger partial charge in [0, 0.05) is 24.5 Å². The summed E-state index contributed by atoms with van der Waals surface area (Å²) >= 11 is 0. The molecular weight excluding hydrogens is 262 g/mol. The van der Waals surface area contributed by atoms with Gasteiger partial charge in [-0.25, -0.2) is 0 Å². The molecule has 0 saturated carbocycles. The van der Waals surface area contributed by atoms with Gasteiger partial charge in [-0.05, 0) is 19.1 Å². The highest BCUT2D eigenvalue weighted by Gasteiger charge is 2.14. The van der Waals surface area contributed by atoms with Gasteiger partial charge in [0.25, 0.3) is 5.69 Å². The van der Waals surface area contributed by atoms with Crippen LogP contribution >= 0.6 is 0 Å². The van der Waals surface area contributed by atoms with Crippen LogP contribution in [0.15, 0.2) is 36.7 Å². The molecule has 1 heterocycles. The van der Waals surface area contributed by atoms with Crippen LogP contribution in [0, 0.1) is 10.1 Å². The van der Waals surface area contributed by atoms with Crippen LogP contribution in [0.4, 0.5) is 5.69 Å². The standard InChI is InChI=1S/C13H13N3O4/c1-10(17)12-9-11(16(18)19)3-4-13(12)20-8-7-15-6-2-5-14-15/h2-6,9H,7-8H2,1H3. The number of ether oxygens (including phenoxy) is 1. The number of rotatable bonds is 6. The molecule has 0 atom stereocenters. The Labute approximate surface area is 114 Å². The largest absolute Gasteiger partial charge is 0.491 e. The molecular formula is C13H13N3O4. The molecule has 104 valence electrons. The van der Waals surface area contributed by atoms with Gasteiger partial charge in [0.15, 0.2) is 5.78 Å². The molecule has 0 N–H and O–H groups in total. The van der Waals surface area contributed by atoms with Crippen LogP contribution in [0.3, 0.4) is 0 Å². The molecule has 20 heavy (non-hydrogen) atoms. The number of nitro groups is 1. The number of carbonyl (C=O) groups is 1. The predicted molar refractivity (Wildman–Crippen MR) is 70.8 cm³/mol. The zero-order valence-electron chi connectivity index (χ0n) is 10.9. The maximum atomic E-state index is 11.5. The summed E-state index contributed by atoms with van der Waals surface area (Å²) in [5.74, 6) is 0.0676. The third-order valence-electron chi connectivity index (χ3n) is 2.69. The molecule has 1 aromatic carbocycles. The van der Waals surface area contributed by atoms with Crippen LogP contribution in [0.5, 0.6) is 5.75 Å². The monoisotopic (exact) mass is 275 g/mol. The van der Waals surface area contributed by atoms with Gasteiger partial charge >= 0.3 is 0 Å². The number of hydrogen-bond donors (Lipinski definition) is 0. The van der Waals surface area contributed by atoms with E-state index in [1.54, 1.807) is 23.1 Å². The lowest BCUT2D eigenvalue weighted by molar-refractivity contribution is -0.384. The van der Waals surface area contributed by atoms with E-state index >= 15 is 0 Å². The summed E-state index contributed by atoms with van der Waals surface area (Å²) in [6.45, 7) is 2.19. The van der Waals surface area contributed by atoms with Crippen LogP contribution in [0.25, 0.3) is 0 Å². The van der Waals surface area contributed by atoms with E-state index in [0.29, 0.717) is 18.9 Å². The Morgan fingerprint density at radius 2 is 2.30 bits per heavy atom. The molecule has 0 aliphatic heterocycles. The quantitative estimate of drug-likeness (QED) is 0.457. The number of hydrogen-bond acceptors (Lipinski definition) is 5. The van der Waals surface area contributed by atoms with Gasteiger partial charge in [-0.15, -0.1) is 0 Å². The first-order valence-electron chi connectivity index (χ1n) is 5.97. The van der Waals surface area contributed by atoms with Crippen molar-refractivity contribution in [3.8, 4) is 5.75 Å². The summed E-state index contributed by atoms with van der Waals surface area (Å²) < 4.78 is 7.20. The van der Waals surface area contributed by atoms with E-state index in [9.17, 15) is 14.9 Å². The first-order valence-corrected chi connectivity index (χ1v) is 5.97. The van der Waals surface area contributed by atoms with Crippen molar-refractivity contribution < 1.29 is 14.5 Å². The minimum atomic E-state index is -0.542. The van der Waals surface area contributed by atoms with E-state index in [2.05, 4.69) is 5.10 Å². The number of non-ortho nitro benzene ring substituents is 1. The minimum Gasteiger partial charge on any atom is -0.491 e. The highest BCUT2D eigenvalue weighted by atomic mass is 16.6. The summed E-state index contributed by atoms with van der Waals surface area (Å²) in [5.41, 5.74) is 0.0780. The van der Waals surface area contributed by atoms with Gasteiger partial charge < -0.3 is 4.74 Å². The van der Waals surface area contributed by atoms with Crippen molar-refractivity contribution in [2.24, 2.45) is 0 Å². The van der Waals surface area contributed by atoms with Crippen molar-refractivity contribution in [2.75, 3.05) is 6.61 Å². The number of carbonyl (C=O) groups excluding carboxylic acids is 1. The summed E-state index contributed by atoms with van der Waals surface area (Å²) in [6.07, 6.45) is 3.46. The van der Waals surface area contributed by atoms with E-state index in [-0.39, 0.29) is 17.0 Å². The van der Waals surface area contributed by atoms with Gasteiger partial charge in [0.05, 0.1) is 17.0 Å². The summed E-state index contributed by atoms with van der Waals surface area (Å²) in [5, 5.41) is 14.7. The lowest BCUT2D eigenvalue weighted by atomic mass is 10.1. The van der Waals surface area contributed by atoms with E-state index in [1.807, 2.05) is 0 Å². The minimum absolute atomic E-state index is 0.130. The SMILES string of the molecule is CC(=O)c1cc([N+](=O)[O-])ccc1OCCn1cccn1. The molecule has 2 aromatic rings. The molecule has 0 aliphatic rings. The van der Waals surface area contributed by atoms with Crippen molar-refractivity contribution in [2.45, 2.75) is 13.5 Å². The molecule has 1 aromatic heterocycles. The number of aromatic nitrogens is 2. The Morgan fingerprint density at radius 1 is 1.50 bits per heavy atom. The Kier molecular flexibility index (Phi) is 4.09. The van der Waals surface area contributed by atoms with Crippen molar-refractivity contribution in [1.29, 1.82) is 0 Å². The average Bonchev–Trinajstić information content (AvgIpc) is 2.91. The van der Waals surface area contributed by atoms with Gasteiger partial charge in [-0.1, -0.05) is 0 Å². The zero-order chi connectivity index (χ0) is 14.5. The van der Waals surface area contributed by atoms with Crippen LogP contribution in [-0.4, -0.2) is 27.1 Å². The van der Waals surface area contributed by atoms with Gasteiger partial charge in [0.1, 0.15) is 12.4 Å². The van der Waals surface area contributed by atoms with E-state index < -0.39 is 4.92 Å². The summed E-state index contributed by atoms with van der Waals surface area (Å²) in [4.78, 5) is 21.7. The van der Waals surface area contributed by atoms with Crippen LogP contribution in [0.1, 0.15) is 17.3 Å². The lowest BCUT2D eigenvalue weighted by Crippen LogP contribution is -2.10. The molecule has 0 amide bonds. The fourth-order valence-corrected chi connectivity index (χ4v) is 1.71. The molecule has 7 heteroatoms. The smallest absolute Gasteiger partial charge is 0.270 e. The third-order valence-corrected chi connectivity index (χ3v) is 2.69. The third kappa shape index (κ3) is 3.19. The predicted octanol–water partition coefficient (Wildman–Crippen LogP) is 2.07. The first-order chi connectivity index (χ1) is 9.58. The molecule has 2 rings (SSSR count). The molecule has 0 bridgehead atoms. The second-order valence-electron chi connectivity index (χ2n) is 4.11. The second kappa shape index (κ2) is 5.96. The highest BCUT2D eigenvalue weighted by molar-refractivity contribution is 5.97. The lowest BCUT2D eigenvalue weighted by Gasteiger charge is -2.09. The van der Waals surface area contributed by atoms with Crippen LogP contribution in [-0.2, 0) is 6.54 Å². The van der Waals surface area contributed by atoms with E-state index in [1.165, 1.54) is 25.1 Å². The Hall–Kier alpha value is -2.70. The van der Waals surface area contributed by atoms with Crippen molar-refractivity contribution in [1.82, 2.24) is 9.78 Å². The second-order valence-corrected chi connectivity index (χ2v) is 4.11. The maximum absolute atomic E-state index is 11.5. The summed E-state index contributed by atoms with van der Waals surface area (Å²) in [7, 11) is 0. The maximum Gasteiger partial charge on any atom is 0.270 e. The van der Waals surface area contributed by atoms with Gasteiger partial charge in [-0.3, -0.25) is 19.6 Å². The van der Waals surface area contributed by atoms with Crippen molar-refractivity contribution >= 4 is 11.5 Å². The zero-order valence-corrected chi connectivity index (χ0v) is 10.9. The Morgan fingerprint density at radius 3 is 2.90 bits per heavy atom. The van der Waals surface area contributed by atoms with Gasteiger partial charge in [-0.2, -0.15) is 5.10 Å². The molecule has 0 unspecified atom stereocenters. The number of benzene rings is 1. The molecule has 0 aliphatic carbocycles. The molecule has 7 nitrogen and oxygen atoms in total. The average molecular weight is 275 g/mol. The molecule has 0 saturated heterocycles. The fourth-order valence-electron chi connectivity index (χ4n) is 1.71. The Bertz CT molecular complexity index is 623.